The molecule has 13 heavy (non-hydrogen) atoms. The van der Waals surface area contributed by atoms with Gasteiger partial charge in [0, 0.05) is 10.7 Å². The molecule has 0 aromatic carbocycles. The zero-order valence-electron chi connectivity index (χ0n) is 6.96. The maximum absolute atomic E-state index is 5.87. The third-order valence-corrected chi connectivity index (χ3v) is 2.04. The van der Waals surface area contributed by atoms with Gasteiger partial charge in [-0.3, -0.25) is 0 Å². The molecular weight excluding hydrogens is 253 g/mol. The Hall–Kier alpha value is -0.540. The summed E-state index contributed by atoms with van der Waals surface area (Å²) in [6.45, 7) is 4.14. The maximum atomic E-state index is 5.87. The van der Waals surface area contributed by atoms with E-state index in [1.54, 1.807) is 18.3 Å². The molecule has 0 aliphatic carbocycles. The zero-order valence-corrected chi connectivity index (χ0v) is 9.31. The zero-order chi connectivity index (χ0) is 9.68. The van der Waals surface area contributed by atoms with Crippen molar-refractivity contribution in [2.75, 3.05) is 6.61 Å². The van der Waals surface area contributed by atoms with Crippen molar-refractivity contribution in [3.05, 3.63) is 34.4 Å². The molecule has 0 saturated carbocycles. The molecule has 1 heterocycles. The van der Waals surface area contributed by atoms with Gasteiger partial charge in [-0.2, -0.15) is 0 Å². The summed E-state index contributed by atoms with van der Waals surface area (Å²) in [5.41, 5.74) is 0. The fourth-order valence-electron chi connectivity index (χ4n) is 0.747. The summed E-state index contributed by atoms with van der Waals surface area (Å²) in [6, 6.07) is 1.75. The lowest BCUT2D eigenvalue weighted by Gasteiger charge is -2.04. The Morgan fingerprint density at radius 1 is 1.69 bits per heavy atom. The van der Waals surface area contributed by atoms with Crippen LogP contribution in [0.15, 0.2) is 29.4 Å². The number of pyridine rings is 1. The van der Waals surface area contributed by atoms with Crippen LogP contribution in [-0.2, 0) is 0 Å². The SMILES string of the molecule is C=CCCOc1ncc(Br)cc1Cl. The highest BCUT2D eigenvalue weighted by Crippen LogP contribution is 2.24. The number of aromatic nitrogens is 1. The molecule has 0 amide bonds. The van der Waals surface area contributed by atoms with Gasteiger partial charge in [0.25, 0.3) is 0 Å². The monoisotopic (exact) mass is 261 g/mol. The van der Waals surface area contributed by atoms with Crippen LogP contribution in [0.4, 0.5) is 0 Å². The Balaban J connectivity index is 2.61. The van der Waals surface area contributed by atoms with E-state index < -0.39 is 0 Å². The van der Waals surface area contributed by atoms with Crippen LogP contribution in [0.3, 0.4) is 0 Å². The summed E-state index contributed by atoms with van der Waals surface area (Å²) in [6.07, 6.45) is 4.22. The fourth-order valence-corrected chi connectivity index (χ4v) is 1.43. The lowest BCUT2D eigenvalue weighted by atomic mass is 10.4. The normalized spacial score (nSPS) is 9.69. The predicted octanol–water partition coefficient (Wildman–Crippen LogP) is 3.45. The fraction of sp³-hybridized carbons (Fsp3) is 0.222. The molecule has 1 rings (SSSR count). The van der Waals surface area contributed by atoms with E-state index in [0.29, 0.717) is 17.5 Å². The molecule has 1 aromatic heterocycles. The summed E-state index contributed by atoms with van der Waals surface area (Å²) in [7, 11) is 0. The molecule has 0 atom stereocenters. The minimum absolute atomic E-state index is 0.465. The van der Waals surface area contributed by atoms with Gasteiger partial charge in [0.15, 0.2) is 0 Å². The molecule has 0 aliphatic rings. The number of ether oxygens (including phenoxy) is 1. The Kier molecular flexibility index (Phi) is 4.25. The molecule has 0 spiro atoms. The van der Waals surface area contributed by atoms with Crippen LogP contribution >= 0.6 is 27.5 Å². The van der Waals surface area contributed by atoms with Crippen LogP contribution in [0.25, 0.3) is 0 Å². The van der Waals surface area contributed by atoms with Crippen molar-refractivity contribution in [3.8, 4) is 5.88 Å². The molecule has 2 nitrogen and oxygen atoms in total. The van der Waals surface area contributed by atoms with E-state index >= 15 is 0 Å². The molecule has 70 valence electrons. The van der Waals surface area contributed by atoms with Gasteiger partial charge in [0.1, 0.15) is 5.02 Å². The average Bonchev–Trinajstić information content (AvgIpc) is 2.09. The van der Waals surface area contributed by atoms with Crippen molar-refractivity contribution >= 4 is 27.5 Å². The summed E-state index contributed by atoms with van der Waals surface area (Å²) in [5, 5.41) is 0.512. The van der Waals surface area contributed by atoms with Crippen molar-refractivity contribution in [3.63, 3.8) is 0 Å². The van der Waals surface area contributed by atoms with Crippen molar-refractivity contribution in [2.24, 2.45) is 0 Å². The number of hydrogen-bond acceptors (Lipinski definition) is 2. The molecular formula is C9H9BrClNO. The molecule has 0 fully saturated rings. The highest BCUT2D eigenvalue weighted by molar-refractivity contribution is 9.10. The van der Waals surface area contributed by atoms with Crippen molar-refractivity contribution in [1.82, 2.24) is 4.98 Å². The summed E-state index contributed by atoms with van der Waals surface area (Å²) in [5.74, 6) is 0.465. The smallest absolute Gasteiger partial charge is 0.232 e. The second-order valence-corrected chi connectivity index (χ2v) is 3.69. The summed E-state index contributed by atoms with van der Waals surface area (Å²) < 4.78 is 6.14. The first-order chi connectivity index (χ1) is 6.24. The first kappa shape index (κ1) is 10.5. The second-order valence-electron chi connectivity index (χ2n) is 2.37. The van der Waals surface area contributed by atoms with Crippen LogP contribution in [0.2, 0.25) is 5.02 Å². The number of nitrogens with zero attached hydrogens (tertiary/aromatic N) is 1. The minimum atomic E-state index is 0.465. The van der Waals surface area contributed by atoms with E-state index in [2.05, 4.69) is 27.5 Å². The summed E-state index contributed by atoms with van der Waals surface area (Å²) >= 11 is 9.12. The van der Waals surface area contributed by atoms with Crippen molar-refractivity contribution in [1.29, 1.82) is 0 Å². The molecule has 1 aromatic rings. The standard InChI is InChI=1S/C9H9BrClNO/c1-2-3-4-13-9-8(11)5-7(10)6-12-9/h2,5-6H,1,3-4H2. The van der Waals surface area contributed by atoms with Gasteiger partial charge >= 0.3 is 0 Å². The third-order valence-electron chi connectivity index (χ3n) is 1.33. The molecule has 0 bridgehead atoms. The minimum Gasteiger partial charge on any atom is -0.476 e. The Morgan fingerprint density at radius 3 is 3.08 bits per heavy atom. The first-order valence-electron chi connectivity index (χ1n) is 3.79. The number of halogens is 2. The van der Waals surface area contributed by atoms with Gasteiger partial charge in [-0.25, -0.2) is 4.98 Å². The van der Waals surface area contributed by atoms with Crippen molar-refractivity contribution in [2.45, 2.75) is 6.42 Å². The van der Waals surface area contributed by atoms with Crippen LogP contribution < -0.4 is 4.74 Å². The molecule has 0 aliphatic heterocycles. The predicted molar refractivity (Wildman–Crippen MR) is 57.3 cm³/mol. The Bertz CT molecular complexity index is 304. The highest BCUT2D eigenvalue weighted by Gasteiger charge is 2.02. The molecule has 0 saturated heterocycles. The second kappa shape index (κ2) is 5.25. The van der Waals surface area contributed by atoms with Gasteiger partial charge in [-0.05, 0) is 28.4 Å². The van der Waals surface area contributed by atoms with E-state index in [9.17, 15) is 0 Å². The van der Waals surface area contributed by atoms with Crippen LogP contribution in [0, 0.1) is 0 Å². The van der Waals surface area contributed by atoms with Crippen LogP contribution in [0.5, 0.6) is 5.88 Å². The van der Waals surface area contributed by atoms with E-state index in [0.717, 1.165) is 10.9 Å². The van der Waals surface area contributed by atoms with Gasteiger partial charge in [0.05, 0.1) is 6.61 Å². The third kappa shape index (κ3) is 3.36. The Morgan fingerprint density at radius 2 is 2.46 bits per heavy atom. The highest BCUT2D eigenvalue weighted by atomic mass is 79.9. The van der Waals surface area contributed by atoms with E-state index in [1.165, 1.54) is 0 Å². The first-order valence-corrected chi connectivity index (χ1v) is 4.96. The van der Waals surface area contributed by atoms with Gasteiger partial charge < -0.3 is 4.74 Å². The van der Waals surface area contributed by atoms with E-state index in [-0.39, 0.29) is 0 Å². The molecule has 0 radical (unpaired) electrons. The number of hydrogen-bond donors (Lipinski definition) is 0. The lowest BCUT2D eigenvalue weighted by Crippen LogP contribution is -1.97. The van der Waals surface area contributed by atoms with Crippen LogP contribution in [-0.4, -0.2) is 11.6 Å². The Labute approximate surface area is 90.7 Å². The maximum Gasteiger partial charge on any atom is 0.232 e. The van der Waals surface area contributed by atoms with E-state index in [1.807, 2.05) is 0 Å². The van der Waals surface area contributed by atoms with Crippen molar-refractivity contribution < 1.29 is 4.74 Å². The van der Waals surface area contributed by atoms with E-state index in [4.69, 9.17) is 16.3 Å². The summed E-state index contributed by atoms with van der Waals surface area (Å²) in [4.78, 5) is 4.01. The van der Waals surface area contributed by atoms with Gasteiger partial charge in [0.2, 0.25) is 5.88 Å². The average molecular weight is 263 g/mol. The topological polar surface area (TPSA) is 22.1 Å². The quantitative estimate of drug-likeness (QED) is 0.612. The number of rotatable bonds is 4. The van der Waals surface area contributed by atoms with Gasteiger partial charge in [-0.15, -0.1) is 6.58 Å². The molecule has 4 heteroatoms. The lowest BCUT2D eigenvalue weighted by molar-refractivity contribution is 0.312. The molecule has 0 N–H and O–H groups in total. The van der Waals surface area contributed by atoms with Crippen LogP contribution in [0.1, 0.15) is 6.42 Å². The van der Waals surface area contributed by atoms with Gasteiger partial charge in [-0.1, -0.05) is 17.7 Å². The largest absolute Gasteiger partial charge is 0.476 e. The molecule has 0 unspecified atom stereocenters.